The fourth-order valence-electron chi connectivity index (χ4n) is 2.03. The van der Waals surface area contributed by atoms with Gasteiger partial charge in [0.1, 0.15) is 0 Å². The van der Waals surface area contributed by atoms with Gasteiger partial charge in [0.15, 0.2) is 0 Å². The van der Waals surface area contributed by atoms with Crippen LogP contribution in [0.15, 0.2) is 18.2 Å². The quantitative estimate of drug-likeness (QED) is 0.433. The van der Waals surface area contributed by atoms with Crippen LogP contribution in [-0.2, 0) is 6.42 Å². The number of rotatable bonds is 0. The molecule has 0 spiro atoms. The third-order valence-corrected chi connectivity index (χ3v) is 3.25. The van der Waals surface area contributed by atoms with Gasteiger partial charge in [-0.3, -0.25) is 0 Å². The Labute approximate surface area is 84.9 Å². The largest absolute Gasteiger partial charge is 0.118 e. The molecular weight excluding hydrogens is 180 g/mol. The minimum absolute atomic E-state index is 0.248. The van der Waals surface area contributed by atoms with E-state index in [1.165, 1.54) is 36.0 Å². The highest BCUT2D eigenvalue weighted by Crippen LogP contribution is 2.33. The van der Waals surface area contributed by atoms with Gasteiger partial charge in [-0.05, 0) is 37.3 Å². The molecular formula is C12H15Cl. The van der Waals surface area contributed by atoms with E-state index >= 15 is 0 Å². The highest BCUT2D eigenvalue weighted by molar-refractivity contribution is 6.20. The Morgan fingerprint density at radius 3 is 3.00 bits per heavy atom. The Balaban J connectivity index is 2.43. The summed E-state index contributed by atoms with van der Waals surface area (Å²) in [6, 6.07) is 6.68. The molecule has 2 rings (SSSR count). The zero-order valence-corrected chi connectivity index (χ0v) is 8.77. The van der Waals surface area contributed by atoms with E-state index in [1.807, 2.05) is 0 Å². The molecule has 0 fully saturated rings. The minimum atomic E-state index is 0.248. The van der Waals surface area contributed by atoms with Gasteiger partial charge >= 0.3 is 0 Å². The molecule has 1 aromatic rings. The molecule has 0 saturated heterocycles. The smallest absolute Gasteiger partial charge is 0.0588 e. The van der Waals surface area contributed by atoms with Crippen molar-refractivity contribution in [3.63, 3.8) is 0 Å². The lowest BCUT2D eigenvalue weighted by molar-refractivity contribution is 0.699. The highest BCUT2D eigenvalue weighted by Gasteiger charge is 2.15. The van der Waals surface area contributed by atoms with Crippen LogP contribution in [0.25, 0.3) is 0 Å². The van der Waals surface area contributed by atoms with Gasteiger partial charge in [0.05, 0.1) is 5.38 Å². The van der Waals surface area contributed by atoms with Crippen molar-refractivity contribution in [3.8, 4) is 0 Å². The van der Waals surface area contributed by atoms with E-state index in [4.69, 9.17) is 11.6 Å². The van der Waals surface area contributed by atoms with Gasteiger partial charge in [-0.1, -0.05) is 30.2 Å². The summed E-state index contributed by atoms with van der Waals surface area (Å²) in [7, 11) is 0. The summed E-state index contributed by atoms with van der Waals surface area (Å²) in [4.78, 5) is 0. The standard InChI is InChI=1S/C12H15Cl/c1-9-6-7-10-4-2-3-5-12(13)11(10)8-9/h6-8,12H,2-5H2,1H3. The molecule has 1 atom stereocenters. The van der Waals surface area contributed by atoms with E-state index < -0.39 is 0 Å². The Morgan fingerprint density at radius 2 is 2.15 bits per heavy atom. The molecule has 0 heterocycles. The van der Waals surface area contributed by atoms with Crippen LogP contribution < -0.4 is 0 Å². The van der Waals surface area contributed by atoms with E-state index in [0.717, 1.165) is 6.42 Å². The van der Waals surface area contributed by atoms with Crippen LogP contribution >= 0.6 is 11.6 Å². The SMILES string of the molecule is Cc1ccc2c(c1)C(Cl)CCCC2. The number of hydrogen-bond acceptors (Lipinski definition) is 0. The molecule has 0 N–H and O–H groups in total. The second-order valence-corrected chi connectivity index (χ2v) is 4.44. The maximum Gasteiger partial charge on any atom is 0.0588 e. The van der Waals surface area contributed by atoms with E-state index in [2.05, 4.69) is 25.1 Å². The van der Waals surface area contributed by atoms with E-state index in [0.29, 0.717) is 0 Å². The Hall–Kier alpha value is -0.490. The number of hydrogen-bond donors (Lipinski definition) is 0. The lowest BCUT2D eigenvalue weighted by atomic mass is 10.0. The molecule has 1 unspecified atom stereocenters. The zero-order valence-electron chi connectivity index (χ0n) is 8.02. The van der Waals surface area contributed by atoms with Gasteiger partial charge < -0.3 is 0 Å². The molecule has 0 aromatic heterocycles. The zero-order chi connectivity index (χ0) is 9.26. The van der Waals surface area contributed by atoms with Crippen LogP contribution in [0.1, 0.15) is 41.3 Å². The first-order valence-corrected chi connectivity index (χ1v) is 5.44. The Kier molecular flexibility index (Phi) is 2.59. The lowest BCUT2D eigenvalue weighted by Crippen LogP contribution is -1.93. The third kappa shape index (κ3) is 1.88. The van der Waals surface area contributed by atoms with Crippen molar-refractivity contribution in [2.24, 2.45) is 0 Å². The van der Waals surface area contributed by atoms with Crippen LogP contribution in [0, 0.1) is 6.92 Å². The number of alkyl halides is 1. The first-order chi connectivity index (χ1) is 6.27. The molecule has 1 heteroatoms. The van der Waals surface area contributed by atoms with Crippen molar-refractivity contribution >= 4 is 11.6 Å². The van der Waals surface area contributed by atoms with Crippen molar-refractivity contribution in [2.75, 3.05) is 0 Å². The minimum Gasteiger partial charge on any atom is -0.118 e. The van der Waals surface area contributed by atoms with Crippen LogP contribution in [0.4, 0.5) is 0 Å². The number of aryl methyl sites for hydroxylation is 2. The number of halogens is 1. The molecule has 13 heavy (non-hydrogen) atoms. The molecule has 0 aliphatic heterocycles. The lowest BCUT2D eigenvalue weighted by Gasteiger charge is -2.10. The predicted molar refractivity (Wildman–Crippen MR) is 57.3 cm³/mol. The molecule has 1 aliphatic carbocycles. The van der Waals surface area contributed by atoms with Gasteiger partial charge in [-0.2, -0.15) is 0 Å². The fraction of sp³-hybridized carbons (Fsp3) is 0.500. The van der Waals surface area contributed by atoms with Gasteiger partial charge in [0.25, 0.3) is 0 Å². The first kappa shape index (κ1) is 9.08. The summed E-state index contributed by atoms with van der Waals surface area (Å²) in [5.74, 6) is 0. The molecule has 0 nitrogen and oxygen atoms in total. The first-order valence-electron chi connectivity index (χ1n) is 5.01. The fourth-order valence-corrected chi connectivity index (χ4v) is 2.39. The highest BCUT2D eigenvalue weighted by atomic mass is 35.5. The number of benzene rings is 1. The second kappa shape index (κ2) is 3.71. The molecule has 1 aromatic carbocycles. The summed E-state index contributed by atoms with van der Waals surface area (Å²) in [6.45, 7) is 2.13. The summed E-state index contributed by atoms with van der Waals surface area (Å²) < 4.78 is 0. The Bertz CT molecular complexity index is 304. The van der Waals surface area contributed by atoms with E-state index in [1.54, 1.807) is 0 Å². The third-order valence-electron chi connectivity index (χ3n) is 2.79. The maximum atomic E-state index is 6.32. The monoisotopic (exact) mass is 194 g/mol. The van der Waals surface area contributed by atoms with Gasteiger partial charge in [0, 0.05) is 0 Å². The summed E-state index contributed by atoms with van der Waals surface area (Å²) in [5, 5.41) is 0.248. The van der Waals surface area contributed by atoms with Crippen LogP contribution in [0.5, 0.6) is 0 Å². The topological polar surface area (TPSA) is 0 Å². The van der Waals surface area contributed by atoms with Crippen molar-refractivity contribution in [2.45, 2.75) is 38.0 Å². The van der Waals surface area contributed by atoms with Crippen LogP contribution in [0.3, 0.4) is 0 Å². The van der Waals surface area contributed by atoms with Gasteiger partial charge in [0.2, 0.25) is 0 Å². The van der Waals surface area contributed by atoms with E-state index in [-0.39, 0.29) is 5.38 Å². The van der Waals surface area contributed by atoms with E-state index in [9.17, 15) is 0 Å². The average molecular weight is 195 g/mol. The predicted octanol–water partition coefficient (Wildman–Crippen LogP) is 4.00. The molecule has 0 radical (unpaired) electrons. The summed E-state index contributed by atoms with van der Waals surface area (Å²) >= 11 is 6.32. The normalized spacial score (nSPS) is 22.2. The molecule has 0 amide bonds. The van der Waals surface area contributed by atoms with Crippen molar-refractivity contribution in [1.29, 1.82) is 0 Å². The molecule has 70 valence electrons. The Morgan fingerprint density at radius 1 is 1.31 bits per heavy atom. The number of fused-ring (bicyclic) bond motifs is 1. The van der Waals surface area contributed by atoms with Crippen molar-refractivity contribution < 1.29 is 0 Å². The average Bonchev–Trinajstić information content (AvgIpc) is 2.29. The van der Waals surface area contributed by atoms with Crippen LogP contribution in [0.2, 0.25) is 0 Å². The van der Waals surface area contributed by atoms with Crippen molar-refractivity contribution in [1.82, 2.24) is 0 Å². The van der Waals surface area contributed by atoms with Gasteiger partial charge in [-0.15, -0.1) is 11.6 Å². The maximum absolute atomic E-state index is 6.32. The summed E-state index contributed by atoms with van der Waals surface area (Å²) in [6.07, 6.45) is 4.90. The molecule has 0 bridgehead atoms. The molecule has 0 saturated carbocycles. The van der Waals surface area contributed by atoms with Crippen LogP contribution in [-0.4, -0.2) is 0 Å². The summed E-state index contributed by atoms with van der Waals surface area (Å²) in [5.41, 5.74) is 4.16. The van der Waals surface area contributed by atoms with Gasteiger partial charge in [-0.25, -0.2) is 0 Å². The van der Waals surface area contributed by atoms with Crippen molar-refractivity contribution in [3.05, 3.63) is 34.9 Å². The molecule has 1 aliphatic rings. The second-order valence-electron chi connectivity index (χ2n) is 3.92.